The van der Waals surface area contributed by atoms with E-state index in [1.54, 1.807) is 13.2 Å². The molecule has 2 aromatic carbocycles. The smallest absolute Gasteiger partial charge is 0.282 e. The topological polar surface area (TPSA) is 91.3 Å². The maximum Gasteiger partial charge on any atom is 0.282 e. The zero-order valence-corrected chi connectivity index (χ0v) is 18.3. The van der Waals surface area contributed by atoms with Gasteiger partial charge in [-0.1, -0.05) is 36.4 Å². The molecule has 0 radical (unpaired) electrons. The number of carbonyl (C=O) groups is 1. The zero-order chi connectivity index (χ0) is 22.1. The lowest BCUT2D eigenvalue weighted by Crippen LogP contribution is -2.31. The van der Waals surface area contributed by atoms with Crippen molar-refractivity contribution in [1.82, 2.24) is 20.1 Å². The van der Waals surface area contributed by atoms with Gasteiger partial charge in [0.2, 0.25) is 0 Å². The molecule has 8 heteroatoms. The number of ether oxygens (including phenoxy) is 1. The number of likely N-dealkylation sites (N-methyl/N-ethyl adjacent to an activating group) is 1. The van der Waals surface area contributed by atoms with E-state index in [-0.39, 0.29) is 12.5 Å². The first-order chi connectivity index (χ1) is 15.6. The van der Waals surface area contributed by atoms with Crippen molar-refractivity contribution in [3.63, 3.8) is 0 Å². The summed E-state index contributed by atoms with van der Waals surface area (Å²) in [5, 5.41) is 17.7. The zero-order valence-electron chi connectivity index (χ0n) is 17.5. The Bertz CT molecular complexity index is 1240. The second-order valence-electron chi connectivity index (χ2n) is 7.70. The highest BCUT2D eigenvalue weighted by atomic mass is 32.1. The van der Waals surface area contributed by atoms with Crippen molar-refractivity contribution in [2.24, 2.45) is 0 Å². The van der Waals surface area contributed by atoms with Crippen molar-refractivity contribution < 1.29 is 14.6 Å². The number of hydrogen-bond donors (Lipinski definition) is 2. The highest BCUT2D eigenvalue weighted by Gasteiger charge is 2.25. The molecule has 2 N–H and O–H groups in total. The lowest BCUT2D eigenvalue weighted by atomic mass is 10.0. The third-order valence-electron chi connectivity index (χ3n) is 5.51. The number of aliphatic hydroxyl groups is 1. The summed E-state index contributed by atoms with van der Waals surface area (Å²) in [4.78, 5) is 20.3. The molecule has 0 saturated heterocycles. The molecule has 0 unspecified atom stereocenters. The van der Waals surface area contributed by atoms with Gasteiger partial charge in [-0.2, -0.15) is 5.10 Å². The molecule has 0 aliphatic carbocycles. The highest BCUT2D eigenvalue weighted by Crippen LogP contribution is 2.39. The van der Waals surface area contributed by atoms with E-state index in [2.05, 4.69) is 10.2 Å². The SMILES string of the molecule is CN(C[C@H](O)c1ccccc1)C(=O)c1nc2c(s1)CCOc1cc(-c3cn[nH]c3)ccc1-2. The predicted molar refractivity (Wildman–Crippen MR) is 123 cm³/mol. The Balaban J connectivity index is 1.40. The molecular formula is C24H22N4O3S. The van der Waals surface area contributed by atoms with Gasteiger partial charge in [0, 0.05) is 35.7 Å². The third kappa shape index (κ3) is 3.90. The number of thiazole rings is 1. The first kappa shape index (κ1) is 20.4. The number of nitrogens with one attached hydrogen (secondary N) is 1. The van der Waals surface area contributed by atoms with Crippen LogP contribution >= 0.6 is 11.3 Å². The van der Waals surface area contributed by atoms with E-state index in [0.29, 0.717) is 18.0 Å². The van der Waals surface area contributed by atoms with E-state index in [1.807, 2.05) is 54.7 Å². The summed E-state index contributed by atoms with van der Waals surface area (Å²) < 4.78 is 5.99. The third-order valence-corrected chi connectivity index (χ3v) is 6.62. The molecule has 0 fully saturated rings. The molecule has 32 heavy (non-hydrogen) atoms. The highest BCUT2D eigenvalue weighted by molar-refractivity contribution is 7.14. The maximum absolute atomic E-state index is 13.1. The molecule has 3 heterocycles. The van der Waals surface area contributed by atoms with Gasteiger partial charge in [-0.15, -0.1) is 11.3 Å². The van der Waals surface area contributed by atoms with Crippen LogP contribution in [0.15, 0.2) is 60.9 Å². The van der Waals surface area contributed by atoms with Crippen LogP contribution in [0, 0.1) is 0 Å². The van der Waals surface area contributed by atoms with Crippen molar-refractivity contribution in [3.8, 4) is 28.1 Å². The van der Waals surface area contributed by atoms with E-state index >= 15 is 0 Å². The van der Waals surface area contributed by atoms with Gasteiger partial charge in [-0.05, 0) is 23.3 Å². The number of benzene rings is 2. The number of aliphatic hydroxyl groups excluding tert-OH is 1. The van der Waals surface area contributed by atoms with Gasteiger partial charge >= 0.3 is 0 Å². The summed E-state index contributed by atoms with van der Waals surface area (Å²) in [5.74, 6) is 0.551. The van der Waals surface area contributed by atoms with Gasteiger partial charge in [0.1, 0.15) is 5.75 Å². The number of aromatic amines is 1. The summed E-state index contributed by atoms with van der Waals surface area (Å²) in [6.45, 7) is 0.716. The second kappa shape index (κ2) is 8.57. The number of aromatic nitrogens is 3. The Labute approximate surface area is 189 Å². The molecule has 0 saturated carbocycles. The Morgan fingerprint density at radius 1 is 1.25 bits per heavy atom. The molecule has 0 spiro atoms. The number of amides is 1. The fraction of sp³-hybridized carbons (Fsp3) is 0.208. The van der Waals surface area contributed by atoms with E-state index in [1.165, 1.54) is 16.2 Å². The minimum absolute atomic E-state index is 0.195. The molecular weight excluding hydrogens is 424 g/mol. The lowest BCUT2D eigenvalue weighted by Gasteiger charge is -2.20. The molecule has 162 valence electrons. The van der Waals surface area contributed by atoms with Gasteiger partial charge in [-0.3, -0.25) is 9.89 Å². The molecule has 1 amide bonds. The Kier molecular flexibility index (Phi) is 5.46. The Morgan fingerprint density at radius 2 is 2.09 bits per heavy atom. The average Bonchev–Trinajstić information content (AvgIpc) is 3.47. The molecule has 1 aliphatic heterocycles. The minimum Gasteiger partial charge on any atom is -0.492 e. The number of rotatable bonds is 5. The van der Waals surface area contributed by atoms with Crippen LogP contribution < -0.4 is 4.74 Å². The van der Waals surface area contributed by atoms with Gasteiger partial charge in [-0.25, -0.2) is 4.98 Å². The van der Waals surface area contributed by atoms with Crippen LogP contribution in [-0.4, -0.2) is 51.3 Å². The Hall–Kier alpha value is -3.49. The fourth-order valence-electron chi connectivity index (χ4n) is 3.79. The fourth-order valence-corrected chi connectivity index (χ4v) is 4.84. The molecule has 5 rings (SSSR count). The van der Waals surface area contributed by atoms with Crippen molar-refractivity contribution in [2.75, 3.05) is 20.2 Å². The van der Waals surface area contributed by atoms with Crippen molar-refractivity contribution in [3.05, 3.63) is 76.4 Å². The predicted octanol–water partition coefficient (Wildman–Crippen LogP) is 3.94. The van der Waals surface area contributed by atoms with Crippen LogP contribution in [0.2, 0.25) is 0 Å². The normalized spacial score (nSPS) is 13.4. The monoisotopic (exact) mass is 446 g/mol. The number of nitrogens with zero attached hydrogens (tertiary/aromatic N) is 3. The van der Waals surface area contributed by atoms with E-state index in [9.17, 15) is 9.90 Å². The molecule has 7 nitrogen and oxygen atoms in total. The lowest BCUT2D eigenvalue weighted by molar-refractivity contribution is 0.0680. The van der Waals surface area contributed by atoms with Crippen molar-refractivity contribution in [2.45, 2.75) is 12.5 Å². The number of carbonyl (C=O) groups excluding carboxylic acids is 1. The van der Waals surface area contributed by atoms with Gasteiger partial charge < -0.3 is 14.7 Å². The first-order valence-electron chi connectivity index (χ1n) is 10.3. The average molecular weight is 447 g/mol. The van der Waals surface area contributed by atoms with Crippen molar-refractivity contribution >= 4 is 17.2 Å². The van der Waals surface area contributed by atoms with Gasteiger partial charge in [0.25, 0.3) is 5.91 Å². The molecule has 0 bridgehead atoms. The second-order valence-corrected chi connectivity index (χ2v) is 8.78. The van der Waals surface area contributed by atoms with Crippen molar-refractivity contribution in [1.29, 1.82) is 0 Å². The largest absolute Gasteiger partial charge is 0.492 e. The minimum atomic E-state index is -0.751. The standard InChI is InChI=1S/C24H22N4O3S/c1-28(14-19(29)15-5-3-2-4-6-15)24(30)23-27-22-18-8-7-16(17-12-25-26-13-17)11-20(18)31-10-9-21(22)32-23/h2-8,11-13,19,29H,9-10,14H2,1H3,(H,25,26)/t19-/m0/s1. The molecule has 4 aromatic rings. The van der Waals surface area contributed by atoms with Crippen LogP contribution in [0.4, 0.5) is 0 Å². The van der Waals surface area contributed by atoms with E-state index in [0.717, 1.165) is 38.6 Å². The Morgan fingerprint density at radius 3 is 2.88 bits per heavy atom. The van der Waals surface area contributed by atoms with Crippen LogP contribution in [0.25, 0.3) is 22.4 Å². The molecule has 1 atom stereocenters. The van der Waals surface area contributed by atoms with Crippen LogP contribution in [0.1, 0.15) is 26.3 Å². The number of H-pyrrole nitrogens is 1. The summed E-state index contributed by atoms with van der Waals surface area (Å²) >= 11 is 1.39. The van der Waals surface area contributed by atoms with E-state index < -0.39 is 6.10 Å². The van der Waals surface area contributed by atoms with Crippen LogP contribution in [0.5, 0.6) is 5.75 Å². The summed E-state index contributed by atoms with van der Waals surface area (Å²) in [6.07, 6.45) is 3.54. The summed E-state index contributed by atoms with van der Waals surface area (Å²) in [5.41, 5.74) is 4.44. The van der Waals surface area contributed by atoms with E-state index in [4.69, 9.17) is 9.72 Å². The first-order valence-corrected chi connectivity index (χ1v) is 11.2. The van der Waals surface area contributed by atoms with Crippen LogP contribution in [0.3, 0.4) is 0 Å². The van der Waals surface area contributed by atoms with Gasteiger partial charge in [0.15, 0.2) is 5.01 Å². The van der Waals surface area contributed by atoms with Gasteiger partial charge in [0.05, 0.1) is 31.1 Å². The molecule has 2 aromatic heterocycles. The summed E-state index contributed by atoms with van der Waals surface area (Å²) in [6, 6.07) is 15.3. The maximum atomic E-state index is 13.1. The molecule has 1 aliphatic rings. The summed E-state index contributed by atoms with van der Waals surface area (Å²) in [7, 11) is 1.69. The number of fused-ring (bicyclic) bond motifs is 3. The number of hydrogen-bond acceptors (Lipinski definition) is 6. The quantitative estimate of drug-likeness (QED) is 0.485. The van der Waals surface area contributed by atoms with Crippen LogP contribution in [-0.2, 0) is 6.42 Å².